The predicted molar refractivity (Wildman–Crippen MR) is 67.9 cm³/mol. The number of primary amides is 1. The predicted octanol–water partition coefficient (Wildman–Crippen LogP) is 0.588. The van der Waals surface area contributed by atoms with Gasteiger partial charge in [-0.25, -0.2) is 4.79 Å². The zero-order valence-electron chi connectivity index (χ0n) is 10.9. The molecule has 1 heterocycles. The van der Waals surface area contributed by atoms with E-state index in [1.54, 1.807) is 13.8 Å². The summed E-state index contributed by atoms with van der Waals surface area (Å²) in [4.78, 5) is 36.1. The van der Waals surface area contributed by atoms with E-state index in [1.807, 2.05) is 5.32 Å². The van der Waals surface area contributed by atoms with Gasteiger partial charge in [-0.2, -0.15) is 0 Å². The maximum absolute atomic E-state index is 11.8. The summed E-state index contributed by atoms with van der Waals surface area (Å²) in [5.41, 5.74) is 4.86. The van der Waals surface area contributed by atoms with Gasteiger partial charge < -0.3 is 20.6 Å². The van der Waals surface area contributed by atoms with E-state index in [4.69, 9.17) is 10.5 Å². The molecule has 9 nitrogen and oxygen atoms in total. The summed E-state index contributed by atoms with van der Waals surface area (Å²) < 4.78 is 5.31. The molecule has 0 spiro atoms. The minimum absolute atomic E-state index is 0.157. The molecule has 0 radical (unpaired) electrons. The number of amides is 3. The average molecular weight is 282 g/mol. The summed E-state index contributed by atoms with van der Waals surface area (Å²) in [6.45, 7) is 3.32. The third-order valence-corrected chi connectivity index (χ3v) is 2.29. The number of hydrogen-bond donors (Lipinski definition) is 2. The molecule has 0 aromatic carbocycles. The van der Waals surface area contributed by atoms with Crippen molar-refractivity contribution < 1.29 is 19.2 Å². The first-order valence-electron chi connectivity index (χ1n) is 5.69. The largest absolute Gasteiger partial charge is 0.472 e. The van der Waals surface area contributed by atoms with Gasteiger partial charge in [0.25, 0.3) is 5.91 Å². The highest BCUT2D eigenvalue weighted by Gasteiger charge is 2.28. The van der Waals surface area contributed by atoms with Gasteiger partial charge in [-0.1, -0.05) is 13.8 Å². The zero-order chi connectivity index (χ0) is 15.3. The number of pyridine rings is 1. The minimum atomic E-state index is -1.11. The standard InChI is InChI=1S/C11H14N4O5/c1-6(2)8(10(16)14-11(12)17)20-7-4-3-5-13-9(7)15(18)19/h3-6,8H,1-2H3,(H3,12,14,16,17). The fourth-order valence-corrected chi connectivity index (χ4v) is 1.43. The van der Waals surface area contributed by atoms with Crippen LogP contribution in [0.2, 0.25) is 0 Å². The lowest BCUT2D eigenvalue weighted by Crippen LogP contribution is -2.46. The lowest BCUT2D eigenvalue weighted by Gasteiger charge is -2.20. The Morgan fingerprint density at radius 1 is 1.50 bits per heavy atom. The van der Waals surface area contributed by atoms with Crippen LogP contribution in [0.3, 0.4) is 0 Å². The average Bonchev–Trinajstić information content (AvgIpc) is 2.34. The number of carbonyl (C=O) groups is 2. The molecule has 0 saturated carbocycles. The Kier molecular flexibility index (Phi) is 4.95. The molecule has 1 aromatic rings. The summed E-state index contributed by atoms with van der Waals surface area (Å²) in [5, 5.41) is 12.7. The van der Waals surface area contributed by atoms with Crippen molar-refractivity contribution in [2.75, 3.05) is 0 Å². The van der Waals surface area contributed by atoms with E-state index in [2.05, 4.69) is 4.98 Å². The molecule has 0 saturated heterocycles. The Bertz CT molecular complexity index is 531. The molecule has 3 N–H and O–H groups in total. The molecule has 1 aromatic heterocycles. The normalized spacial score (nSPS) is 11.8. The number of nitrogens with zero attached hydrogens (tertiary/aromatic N) is 2. The van der Waals surface area contributed by atoms with Crippen LogP contribution in [0, 0.1) is 16.0 Å². The Labute approximate surface area is 114 Å². The summed E-state index contributed by atoms with van der Waals surface area (Å²) in [6.07, 6.45) is 0.129. The number of urea groups is 1. The van der Waals surface area contributed by atoms with E-state index in [-0.39, 0.29) is 11.7 Å². The Morgan fingerprint density at radius 2 is 2.15 bits per heavy atom. The van der Waals surface area contributed by atoms with E-state index in [1.165, 1.54) is 18.3 Å². The molecule has 1 unspecified atom stereocenters. The van der Waals surface area contributed by atoms with Crippen LogP contribution in [0.5, 0.6) is 5.75 Å². The van der Waals surface area contributed by atoms with Crippen LogP contribution in [0.15, 0.2) is 18.3 Å². The fourth-order valence-electron chi connectivity index (χ4n) is 1.43. The van der Waals surface area contributed by atoms with E-state index >= 15 is 0 Å². The van der Waals surface area contributed by atoms with Crippen molar-refractivity contribution in [1.82, 2.24) is 10.3 Å². The highest BCUT2D eigenvalue weighted by atomic mass is 16.6. The van der Waals surface area contributed by atoms with Crippen LogP contribution in [0.1, 0.15) is 13.8 Å². The van der Waals surface area contributed by atoms with Gasteiger partial charge in [0.2, 0.25) is 5.75 Å². The summed E-state index contributed by atoms with van der Waals surface area (Å²) in [7, 11) is 0. The van der Waals surface area contributed by atoms with Gasteiger partial charge in [-0.05, 0) is 28.0 Å². The van der Waals surface area contributed by atoms with Crippen molar-refractivity contribution in [1.29, 1.82) is 0 Å². The molecule has 20 heavy (non-hydrogen) atoms. The van der Waals surface area contributed by atoms with Crippen LogP contribution in [-0.2, 0) is 4.79 Å². The second kappa shape index (κ2) is 6.45. The van der Waals surface area contributed by atoms with Gasteiger partial charge in [-0.15, -0.1) is 0 Å². The van der Waals surface area contributed by atoms with Gasteiger partial charge in [0.05, 0.1) is 0 Å². The fraction of sp³-hybridized carbons (Fsp3) is 0.364. The minimum Gasteiger partial charge on any atom is -0.472 e. The number of carbonyl (C=O) groups excluding carboxylic acids is 2. The first kappa shape index (κ1) is 15.3. The molecule has 1 atom stereocenters. The van der Waals surface area contributed by atoms with Crippen molar-refractivity contribution in [2.24, 2.45) is 11.7 Å². The third-order valence-electron chi connectivity index (χ3n) is 2.29. The van der Waals surface area contributed by atoms with Crippen molar-refractivity contribution in [3.05, 3.63) is 28.4 Å². The van der Waals surface area contributed by atoms with Crippen molar-refractivity contribution in [3.8, 4) is 5.75 Å². The molecule has 0 aliphatic rings. The molecular formula is C11H14N4O5. The molecule has 1 rings (SSSR count). The molecule has 0 aliphatic carbocycles. The Hall–Kier alpha value is -2.71. The Morgan fingerprint density at radius 3 is 2.65 bits per heavy atom. The van der Waals surface area contributed by atoms with Crippen molar-refractivity contribution in [2.45, 2.75) is 20.0 Å². The number of aromatic nitrogens is 1. The molecule has 3 amide bonds. The number of nitrogens with two attached hydrogens (primary N) is 1. The summed E-state index contributed by atoms with van der Waals surface area (Å²) >= 11 is 0. The summed E-state index contributed by atoms with van der Waals surface area (Å²) in [6, 6.07) is 1.73. The highest BCUT2D eigenvalue weighted by molar-refractivity contribution is 5.96. The SMILES string of the molecule is CC(C)C(Oc1cccnc1[N+](=O)[O-])C(=O)NC(N)=O. The number of nitrogens with one attached hydrogen (secondary N) is 1. The second-order valence-electron chi connectivity index (χ2n) is 4.22. The van der Waals surface area contributed by atoms with Gasteiger partial charge in [0.1, 0.15) is 6.20 Å². The molecule has 0 bridgehead atoms. The van der Waals surface area contributed by atoms with E-state index in [9.17, 15) is 19.7 Å². The van der Waals surface area contributed by atoms with Crippen LogP contribution in [0.4, 0.5) is 10.6 Å². The quantitative estimate of drug-likeness (QED) is 0.598. The number of rotatable bonds is 5. The van der Waals surface area contributed by atoms with Crippen LogP contribution >= 0.6 is 0 Å². The van der Waals surface area contributed by atoms with Crippen LogP contribution in [0.25, 0.3) is 0 Å². The topological polar surface area (TPSA) is 137 Å². The number of imide groups is 1. The van der Waals surface area contributed by atoms with Gasteiger partial charge >= 0.3 is 11.8 Å². The van der Waals surface area contributed by atoms with Crippen LogP contribution < -0.4 is 15.8 Å². The first-order valence-corrected chi connectivity index (χ1v) is 5.69. The lowest BCUT2D eigenvalue weighted by molar-refractivity contribution is -0.390. The van der Waals surface area contributed by atoms with E-state index in [0.717, 1.165) is 0 Å². The molecule has 0 fully saturated rings. The monoisotopic (exact) mass is 282 g/mol. The van der Waals surface area contributed by atoms with E-state index < -0.39 is 28.8 Å². The zero-order valence-corrected chi connectivity index (χ0v) is 10.9. The maximum atomic E-state index is 11.8. The highest BCUT2D eigenvalue weighted by Crippen LogP contribution is 2.25. The van der Waals surface area contributed by atoms with Crippen molar-refractivity contribution in [3.63, 3.8) is 0 Å². The maximum Gasteiger partial charge on any atom is 0.406 e. The lowest BCUT2D eigenvalue weighted by atomic mass is 10.1. The smallest absolute Gasteiger partial charge is 0.406 e. The number of nitro groups is 1. The third kappa shape index (κ3) is 3.90. The molecule has 108 valence electrons. The van der Waals surface area contributed by atoms with Crippen LogP contribution in [-0.4, -0.2) is 27.9 Å². The molecule has 9 heteroatoms. The number of ether oxygens (including phenoxy) is 1. The van der Waals surface area contributed by atoms with E-state index in [0.29, 0.717) is 0 Å². The van der Waals surface area contributed by atoms with Gasteiger partial charge in [0.15, 0.2) is 6.10 Å². The number of hydrogen-bond acceptors (Lipinski definition) is 6. The summed E-state index contributed by atoms with van der Waals surface area (Å²) in [5.74, 6) is -1.78. The molecule has 0 aliphatic heterocycles. The van der Waals surface area contributed by atoms with Gasteiger partial charge in [0, 0.05) is 0 Å². The molecular weight excluding hydrogens is 268 g/mol. The van der Waals surface area contributed by atoms with Crippen molar-refractivity contribution >= 4 is 17.8 Å². The van der Waals surface area contributed by atoms with Gasteiger partial charge in [-0.3, -0.25) is 10.1 Å². The first-order chi connectivity index (χ1) is 9.32. The Balaban J connectivity index is 3.00. The second-order valence-corrected chi connectivity index (χ2v) is 4.22.